The lowest BCUT2D eigenvalue weighted by Gasteiger charge is -2.42. The SMILES string of the molecule is C#CCOc1ccc2c(c1)C(C)(C)c1cc(N)ccc1N2CCC(=N)N. The predicted octanol–water partition coefficient (Wildman–Crippen LogP) is 3.38. The number of hydrogen-bond donors (Lipinski definition) is 3. The molecule has 26 heavy (non-hydrogen) atoms. The first kappa shape index (κ1) is 17.7. The van der Waals surface area contributed by atoms with Gasteiger partial charge in [0.25, 0.3) is 0 Å². The van der Waals surface area contributed by atoms with Gasteiger partial charge >= 0.3 is 0 Å². The van der Waals surface area contributed by atoms with Gasteiger partial charge in [0.15, 0.2) is 0 Å². The molecule has 1 heterocycles. The van der Waals surface area contributed by atoms with Crippen LogP contribution in [0.15, 0.2) is 36.4 Å². The summed E-state index contributed by atoms with van der Waals surface area (Å²) in [7, 11) is 0. The summed E-state index contributed by atoms with van der Waals surface area (Å²) in [6.45, 7) is 5.21. The first-order valence-electron chi connectivity index (χ1n) is 8.56. The molecule has 1 aliphatic rings. The topological polar surface area (TPSA) is 88.4 Å². The Balaban J connectivity index is 2.14. The van der Waals surface area contributed by atoms with Crippen molar-refractivity contribution in [3.63, 3.8) is 0 Å². The summed E-state index contributed by atoms with van der Waals surface area (Å²) >= 11 is 0. The largest absolute Gasteiger partial charge is 0.481 e. The summed E-state index contributed by atoms with van der Waals surface area (Å²) in [5, 5.41) is 7.60. The molecular weight excluding hydrogens is 324 g/mol. The number of nitrogens with two attached hydrogens (primary N) is 2. The molecule has 5 N–H and O–H groups in total. The summed E-state index contributed by atoms with van der Waals surface area (Å²) in [6.07, 6.45) is 5.79. The van der Waals surface area contributed by atoms with Crippen LogP contribution in [0.25, 0.3) is 0 Å². The molecule has 0 unspecified atom stereocenters. The molecule has 5 heteroatoms. The first-order chi connectivity index (χ1) is 12.3. The van der Waals surface area contributed by atoms with Crippen molar-refractivity contribution in [2.75, 3.05) is 23.8 Å². The smallest absolute Gasteiger partial charge is 0.148 e. The van der Waals surface area contributed by atoms with Gasteiger partial charge in [-0.2, -0.15) is 0 Å². The Hall–Kier alpha value is -3.13. The average molecular weight is 348 g/mol. The number of nitrogens with one attached hydrogen (secondary N) is 1. The van der Waals surface area contributed by atoms with Crippen LogP contribution in [-0.4, -0.2) is 19.0 Å². The molecule has 0 aromatic heterocycles. The number of nitrogens with zero attached hydrogens (tertiary/aromatic N) is 1. The number of fused-ring (bicyclic) bond motifs is 2. The molecule has 2 aromatic carbocycles. The molecule has 0 saturated heterocycles. The second-order valence-corrected chi connectivity index (χ2v) is 7.00. The molecular formula is C21H24N4O. The summed E-state index contributed by atoms with van der Waals surface area (Å²) in [5.41, 5.74) is 16.6. The van der Waals surface area contributed by atoms with Crippen molar-refractivity contribution in [3.8, 4) is 18.1 Å². The highest BCUT2D eigenvalue weighted by Crippen LogP contribution is 2.50. The quantitative estimate of drug-likeness (QED) is 0.334. The van der Waals surface area contributed by atoms with Gasteiger partial charge in [0.2, 0.25) is 0 Å². The zero-order chi connectivity index (χ0) is 18.9. The molecule has 1 aliphatic heterocycles. The highest BCUT2D eigenvalue weighted by molar-refractivity contribution is 5.82. The molecule has 0 fully saturated rings. The second kappa shape index (κ2) is 6.64. The van der Waals surface area contributed by atoms with Gasteiger partial charge in [-0.1, -0.05) is 19.8 Å². The molecule has 3 rings (SSSR count). The minimum atomic E-state index is -0.248. The van der Waals surface area contributed by atoms with E-state index in [4.69, 9.17) is 28.0 Å². The van der Waals surface area contributed by atoms with Crippen molar-refractivity contribution in [2.24, 2.45) is 5.73 Å². The fourth-order valence-electron chi connectivity index (χ4n) is 3.50. The Kier molecular flexibility index (Phi) is 4.52. The molecule has 134 valence electrons. The predicted molar refractivity (Wildman–Crippen MR) is 107 cm³/mol. The van der Waals surface area contributed by atoms with E-state index in [1.165, 1.54) is 0 Å². The third-order valence-corrected chi connectivity index (χ3v) is 4.84. The summed E-state index contributed by atoms with van der Waals surface area (Å²) in [6, 6.07) is 12.0. The van der Waals surface area contributed by atoms with Gasteiger partial charge in [-0.05, 0) is 47.5 Å². The minimum absolute atomic E-state index is 0.169. The molecule has 2 aromatic rings. The van der Waals surface area contributed by atoms with E-state index in [-0.39, 0.29) is 17.9 Å². The van der Waals surface area contributed by atoms with E-state index in [0.29, 0.717) is 13.0 Å². The van der Waals surface area contributed by atoms with E-state index in [2.05, 4.69) is 24.7 Å². The molecule has 0 bridgehead atoms. The Morgan fingerprint density at radius 3 is 2.50 bits per heavy atom. The molecule has 0 aliphatic carbocycles. The van der Waals surface area contributed by atoms with Crippen molar-refractivity contribution >= 4 is 22.9 Å². The van der Waals surface area contributed by atoms with Gasteiger partial charge in [-0.25, -0.2) is 0 Å². The van der Waals surface area contributed by atoms with Gasteiger partial charge in [-0.3, -0.25) is 5.41 Å². The van der Waals surface area contributed by atoms with Gasteiger partial charge < -0.3 is 21.1 Å². The molecule has 0 atom stereocenters. The maximum absolute atomic E-state index is 7.60. The van der Waals surface area contributed by atoms with Crippen LogP contribution in [0.4, 0.5) is 17.1 Å². The van der Waals surface area contributed by atoms with E-state index in [1.54, 1.807) is 0 Å². The highest BCUT2D eigenvalue weighted by atomic mass is 16.5. The van der Waals surface area contributed by atoms with Gasteiger partial charge in [0.05, 0.1) is 5.84 Å². The van der Waals surface area contributed by atoms with E-state index >= 15 is 0 Å². The average Bonchev–Trinajstić information content (AvgIpc) is 2.60. The lowest BCUT2D eigenvalue weighted by molar-refractivity contribution is 0.369. The third kappa shape index (κ3) is 3.06. The molecule has 0 spiro atoms. The number of amidine groups is 1. The van der Waals surface area contributed by atoms with Gasteiger partial charge in [0, 0.05) is 35.4 Å². The first-order valence-corrected chi connectivity index (χ1v) is 8.56. The number of rotatable bonds is 5. The number of terminal acetylenes is 1. The van der Waals surface area contributed by atoms with Crippen molar-refractivity contribution in [1.29, 1.82) is 5.41 Å². The van der Waals surface area contributed by atoms with E-state index in [1.807, 2.05) is 36.4 Å². The Morgan fingerprint density at radius 1 is 1.19 bits per heavy atom. The van der Waals surface area contributed by atoms with Crippen molar-refractivity contribution < 1.29 is 4.74 Å². The van der Waals surface area contributed by atoms with E-state index in [9.17, 15) is 0 Å². The number of anilines is 3. The van der Waals surface area contributed by atoms with E-state index < -0.39 is 0 Å². The van der Waals surface area contributed by atoms with Crippen LogP contribution in [0, 0.1) is 17.8 Å². The van der Waals surface area contributed by atoms with E-state index in [0.717, 1.165) is 33.9 Å². The Labute approximate surface area is 154 Å². The Bertz CT molecular complexity index is 895. The van der Waals surface area contributed by atoms with Crippen LogP contribution >= 0.6 is 0 Å². The zero-order valence-electron chi connectivity index (χ0n) is 15.2. The number of hydrogen-bond acceptors (Lipinski definition) is 4. The monoisotopic (exact) mass is 348 g/mol. The maximum atomic E-state index is 7.60. The minimum Gasteiger partial charge on any atom is -0.481 e. The van der Waals surface area contributed by atoms with Crippen LogP contribution in [0.1, 0.15) is 31.4 Å². The molecule has 5 nitrogen and oxygen atoms in total. The summed E-state index contributed by atoms with van der Waals surface area (Å²) in [4.78, 5) is 2.20. The summed E-state index contributed by atoms with van der Waals surface area (Å²) in [5.74, 6) is 3.41. The molecule has 0 amide bonds. The van der Waals surface area contributed by atoms with Crippen molar-refractivity contribution in [3.05, 3.63) is 47.5 Å². The van der Waals surface area contributed by atoms with Crippen LogP contribution in [0.2, 0.25) is 0 Å². The third-order valence-electron chi connectivity index (χ3n) is 4.84. The second-order valence-electron chi connectivity index (χ2n) is 7.00. The lowest BCUT2D eigenvalue weighted by atomic mass is 9.73. The van der Waals surface area contributed by atoms with Gasteiger partial charge in [-0.15, -0.1) is 6.42 Å². The van der Waals surface area contributed by atoms with Crippen molar-refractivity contribution in [1.82, 2.24) is 0 Å². The fourth-order valence-corrected chi connectivity index (χ4v) is 3.50. The van der Waals surface area contributed by atoms with Crippen molar-refractivity contribution in [2.45, 2.75) is 25.7 Å². The van der Waals surface area contributed by atoms with Crippen LogP contribution in [-0.2, 0) is 5.41 Å². The standard InChI is InChI=1S/C21H24N4O/c1-4-11-26-15-6-8-19-17(13-15)21(2,3)16-12-14(22)5-7-18(16)25(19)10-9-20(23)24/h1,5-8,12-13H,9-11,22H2,2-3H3,(H3,23,24). The number of benzene rings is 2. The number of nitrogen functional groups attached to an aromatic ring is 1. The van der Waals surface area contributed by atoms with Crippen LogP contribution in [0.3, 0.4) is 0 Å². The fraction of sp³-hybridized carbons (Fsp3) is 0.286. The molecule has 0 radical (unpaired) electrons. The Morgan fingerprint density at radius 2 is 1.85 bits per heavy atom. The van der Waals surface area contributed by atoms with Gasteiger partial charge in [0.1, 0.15) is 12.4 Å². The van der Waals surface area contributed by atoms with Crippen LogP contribution < -0.4 is 21.1 Å². The normalized spacial score (nSPS) is 14.1. The zero-order valence-corrected chi connectivity index (χ0v) is 15.2. The molecule has 0 saturated carbocycles. The summed E-state index contributed by atoms with van der Waals surface area (Å²) < 4.78 is 5.63. The number of ether oxygens (including phenoxy) is 1. The highest BCUT2D eigenvalue weighted by Gasteiger charge is 2.36. The van der Waals surface area contributed by atoms with Crippen LogP contribution in [0.5, 0.6) is 5.75 Å². The lowest BCUT2D eigenvalue weighted by Crippen LogP contribution is -2.34. The maximum Gasteiger partial charge on any atom is 0.148 e.